The van der Waals surface area contributed by atoms with E-state index in [-0.39, 0.29) is 12.5 Å². The standard InChI is InChI=1S/C12H16N6O/c1-3-17(2)11(19)9-13-12-14-15-16-18(12)10-7-5-4-6-8-10/h4-8H,3,9H2,1-2H3,(H,13,14,16). The van der Waals surface area contributed by atoms with Gasteiger partial charge in [-0.15, -0.1) is 0 Å². The third-order valence-electron chi connectivity index (χ3n) is 2.77. The molecular formula is C12H16N6O. The summed E-state index contributed by atoms with van der Waals surface area (Å²) in [6.07, 6.45) is 0. The van der Waals surface area contributed by atoms with Crippen LogP contribution in [0.25, 0.3) is 5.69 Å². The number of likely N-dealkylation sites (N-methyl/N-ethyl adjacent to an activating group) is 1. The first-order chi connectivity index (χ1) is 9.22. The Morgan fingerprint density at radius 1 is 1.37 bits per heavy atom. The summed E-state index contributed by atoms with van der Waals surface area (Å²) in [7, 11) is 1.75. The summed E-state index contributed by atoms with van der Waals surface area (Å²) in [5.74, 6) is 0.439. The lowest BCUT2D eigenvalue weighted by Crippen LogP contribution is -2.32. The highest BCUT2D eigenvalue weighted by Gasteiger charge is 2.11. The van der Waals surface area contributed by atoms with Gasteiger partial charge in [0.05, 0.1) is 12.2 Å². The normalized spacial score (nSPS) is 10.2. The maximum atomic E-state index is 11.7. The van der Waals surface area contributed by atoms with E-state index in [1.165, 1.54) is 0 Å². The van der Waals surface area contributed by atoms with Gasteiger partial charge in [-0.1, -0.05) is 23.3 Å². The minimum atomic E-state index is -0.00916. The van der Waals surface area contributed by atoms with Crippen molar-refractivity contribution in [2.24, 2.45) is 0 Å². The molecule has 0 bridgehead atoms. The molecule has 1 amide bonds. The predicted octanol–water partition coefficient (Wildman–Crippen LogP) is 0.552. The summed E-state index contributed by atoms with van der Waals surface area (Å²) in [6.45, 7) is 2.76. The number of para-hydroxylation sites is 1. The van der Waals surface area contributed by atoms with Crippen LogP contribution in [0.2, 0.25) is 0 Å². The first kappa shape index (κ1) is 13.0. The molecule has 7 nitrogen and oxygen atoms in total. The van der Waals surface area contributed by atoms with E-state index in [4.69, 9.17) is 0 Å². The third kappa shape index (κ3) is 3.06. The number of tetrazole rings is 1. The molecule has 2 rings (SSSR count). The molecule has 0 saturated carbocycles. The van der Waals surface area contributed by atoms with Gasteiger partial charge >= 0.3 is 0 Å². The first-order valence-corrected chi connectivity index (χ1v) is 6.04. The number of hydrogen-bond donors (Lipinski definition) is 1. The number of nitrogens with one attached hydrogen (secondary N) is 1. The Labute approximate surface area is 111 Å². The Morgan fingerprint density at radius 2 is 2.11 bits per heavy atom. The molecule has 100 valence electrons. The van der Waals surface area contributed by atoms with Gasteiger partial charge in [-0.3, -0.25) is 4.79 Å². The molecule has 0 atom stereocenters. The van der Waals surface area contributed by atoms with Gasteiger partial charge in [-0.2, -0.15) is 4.68 Å². The van der Waals surface area contributed by atoms with E-state index in [9.17, 15) is 4.79 Å². The quantitative estimate of drug-likeness (QED) is 0.849. The number of aromatic nitrogens is 4. The Balaban J connectivity index is 2.07. The van der Waals surface area contributed by atoms with Gasteiger partial charge in [0.25, 0.3) is 0 Å². The smallest absolute Gasteiger partial charge is 0.248 e. The summed E-state index contributed by atoms with van der Waals surface area (Å²) < 4.78 is 1.55. The lowest BCUT2D eigenvalue weighted by atomic mass is 10.3. The fourth-order valence-electron chi connectivity index (χ4n) is 1.51. The van der Waals surface area contributed by atoms with Crippen LogP contribution >= 0.6 is 0 Å². The van der Waals surface area contributed by atoms with Crippen molar-refractivity contribution in [3.05, 3.63) is 30.3 Å². The van der Waals surface area contributed by atoms with Crippen molar-refractivity contribution in [1.82, 2.24) is 25.1 Å². The molecule has 0 aliphatic carbocycles. The van der Waals surface area contributed by atoms with E-state index in [1.54, 1.807) is 16.6 Å². The second-order valence-electron chi connectivity index (χ2n) is 4.01. The largest absolute Gasteiger partial charge is 0.345 e. The molecule has 0 saturated heterocycles. The van der Waals surface area contributed by atoms with E-state index in [0.717, 1.165) is 5.69 Å². The van der Waals surface area contributed by atoms with Crippen LogP contribution in [0.3, 0.4) is 0 Å². The van der Waals surface area contributed by atoms with Gasteiger partial charge in [-0.25, -0.2) is 0 Å². The molecule has 19 heavy (non-hydrogen) atoms. The third-order valence-corrected chi connectivity index (χ3v) is 2.77. The van der Waals surface area contributed by atoms with E-state index >= 15 is 0 Å². The minimum Gasteiger partial charge on any atom is -0.345 e. The molecule has 1 aromatic carbocycles. The topological polar surface area (TPSA) is 75.9 Å². The second-order valence-corrected chi connectivity index (χ2v) is 4.01. The number of nitrogens with zero attached hydrogens (tertiary/aromatic N) is 5. The molecule has 1 N–H and O–H groups in total. The van der Waals surface area contributed by atoms with Gasteiger partial charge < -0.3 is 10.2 Å². The van der Waals surface area contributed by atoms with Crippen molar-refractivity contribution in [2.45, 2.75) is 6.92 Å². The van der Waals surface area contributed by atoms with Gasteiger partial charge in [0.15, 0.2) is 0 Å². The Kier molecular flexibility index (Phi) is 4.07. The Hall–Kier alpha value is -2.44. The van der Waals surface area contributed by atoms with Gasteiger partial charge in [-0.05, 0) is 29.5 Å². The molecule has 1 heterocycles. The van der Waals surface area contributed by atoms with Crippen LogP contribution in [0.1, 0.15) is 6.92 Å². The van der Waals surface area contributed by atoms with E-state index in [0.29, 0.717) is 12.5 Å². The Morgan fingerprint density at radius 3 is 2.79 bits per heavy atom. The maximum absolute atomic E-state index is 11.7. The fourth-order valence-corrected chi connectivity index (χ4v) is 1.51. The molecule has 7 heteroatoms. The van der Waals surface area contributed by atoms with Gasteiger partial charge in [0, 0.05) is 13.6 Å². The van der Waals surface area contributed by atoms with Gasteiger partial charge in [0.2, 0.25) is 11.9 Å². The van der Waals surface area contributed by atoms with Crippen molar-refractivity contribution in [2.75, 3.05) is 25.5 Å². The van der Waals surface area contributed by atoms with Crippen LogP contribution in [0.5, 0.6) is 0 Å². The summed E-state index contributed by atoms with van der Waals surface area (Å²) in [5.41, 5.74) is 0.839. The Bertz CT molecular complexity index is 538. The van der Waals surface area contributed by atoms with Crippen molar-refractivity contribution < 1.29 is 4.79 Å². The predicted molar refractivity (Wildman–Crippen MR) is 71.0 cm³/mol. The zero-order valence-corrected chi connectivity index (χ0v) is 10.9. The number of carbonyl (C=O) groups excluding carboxylic acids is 1. The van der Waals surface area contributed by atoms with Crippen LogP contribution in [0.4, 0.5) is 5.95 Å². The summed E-state index contributed by atoms with van der Waals surface area (Å²) >= 11 is 0. The molecule has 0 fully saturated rings. The minimum absolute atomic E-state index is 0.00916. The van der Waals surface area contributed by atoms with Crippen LogP contribution in [-0.2, 0) is 4.79 Å². The molecule has 2 aromatic rings. The molecule has 0 spiro atoms. The van der Waals surface area contributed by atoms with Crippen LogP contribution in [-0.4, -0.2) is 51.2 Å². The van der Waals surface area contributed by atoms with E-state index < -0.39 is 0 Å². The highest BCUT2D eigenvalue weighted by molar-refractivity contribution is 5.80. The molecule has 0 aliphatic rings. The number of anilines is 1. The van der Waals surface area contributed by atoms with E-state index in [2.05, 4.69) is 20.8 Å². The first-order valence-electron chi connectivity index (χ1n) is 6.04. The number of hydrogen-bond acceptors (Lipinski definition) is 5. The van der Waals surface area contributed by atoms with Crippen LogP contribution in [0.15, 0.2) is 30.3 Å². The fraction of sp³-hybridized carbons (Fsp3) is 0.333. The molecule has 1 aromatic heterocycles. The average molecular weight is 260 g/mol. The highest BCUT2D eigenvalue weighted by Crippen LogP contribution is 2.10. The SMILES string of the molecule is CCN(C)C(=O)CNc1nnnn1-c1ccccc1. The second kappa shape index (κ2) is 5.94. The summed E-state index contributed by atoms with van der Waals surface area (Å²) in [5, 5.41) is 14.3. The average Bonchev–Trinajstić information content (AvgIpc) is 2.93. The lowest BCUT2D eigenvalue weighted by Gasteiger charge is -2.14. The lowest BCUT2D eigenvalue weighted by molar-refractivity contribution is -0.127. The molecular weight excluding hydrogens is 244 g/mol. The van der Waals surface area contributed by atoms with Gasteiger partial charge in [0.1, 0.15) is 0 Å². The molecule has 0 radical (unpaired) electrons. The monoisotopic (exact) mass is 260 g/mol. The number of carbonyl (C=O) groups is 1. The number of rotatable bonds is 5. The summed E-state index contributed by atoms with van der Waals surface area (Å²) in [4.78, 5) is 13.3. The zero-order valence-electron chi connectivity index (χ0n) is 10.9. The van der Waals surface area contributed by atoms with Crippen molar-refractivity contribution >= 4 is 11.9 Å². The summed E-state index contributed by atoms with van der Waals surface area (Å²) in [6, 6.07) is 9.50. The van der Waals surface area contributed by atoms with Crippen LogP contribution < -0.4 is 5.32 Å². The van der Waals surface area contributed by atoms with E-state index in [1.807, 2.05) is 37.3 Å². The van der Waals surface area contributed by atoms with Crippen molar-refractivity contribution in [3.63, 3.8) is 0 Å². The zero-order chi connectivity index (χ0) is 13.7. The van der Waals surface area contributed by atoms with Crippen LogP contribution in [0, 0.1) is 0 Å². The van der Waals surface area contributed by atoms with Crippen molar-refractivity contribution in [1.29, 1.82) is 0 Å². The maximum Gasteiger partial charge on any atom is 0.248 e. The number of benzene rings is 1. The highest BCUT2D eigenvalue weighted by atomic mass is 16.2. The number of amides is 1. The molecule has 0 aliphatic heterocycles. The molecule has 0 unspecified atom stereocenters. The van der Waals surface area contributed by atoms with Crippen molar-refractivity contribution in [3.8, 4) is 5.69 Å².